The first-order valence-electron chi connectivity index (χ1n) is 9.27. The van der Waals surface area contributed by atoms with E-state index in [-0.39, 0.29) is 6.10 Å². The molecule has 3 heteroatoms. The van der Waals surface area contributed by atoms with E-state index in [0.717, 1.165) is 30.8 Å². The third-order valence-corrected chi connectivity index (χ3v) is 6.23. The Morgan fingerprint density at radius 2 is 1.86 bits per heavy atom. The van der Waals surface area contributed by atoms with Crippen LogP contribution in [0.15, 0.2) is 0 Å². The Balaban J connectivity index is 1.51. The molecule has 0 bridgehead atoms. The molecule has 1 aliphatic heterocycles. The van der Waals surface area contributed by atoms with E-state index in [9.17, 15) is 5.11 Å². The first-order chi connectivity index (χ1) is 10.1. The number of piperidine rings is 1. The maximum atomic E-state index is 10.1. The Kier molecular flexibility index (Phi) is 5.23. The van der Waals surface area contributed by atoms with Crippen molar-refractivity contribution in [1.82, 2.24) is 10.2 Å². The second-order valence-corrected chi connectivity index (χ2v) is 8.18. The minimum Gasteiger partial charge on any atom is -0.393 e. The number of aliphatic hydroxyl groups is 1. The van der Waals surface area contributed by atoms with Crippen molar-refractivity contribution in [3.05, 3.63) is 0 Å². The van der Waals surface area contributed by atoms with Gasteiger partial charge >= 0.3 is 0 Å². The molecule has 3 nitrogen and oxygen atoms in total. The van der Waals surface area contributed by atoms with E-state index in [1.807, 2.05) is 6.92 Å². The molecule has 1 heterocycles. The van der Waals surface area contributed by atoms with Gasteiger partial charge in [0.1, 0.15) is 0 Å². The summed E-state index contributed by atoms with van der Waals surface area (Å²) in [5, 5.41) is 13.9. The van der Waals surface area contributed by atoms with Gasteiger partial charge in [0, 0.05) is 25.2 Å². The van der Waals surface area contributed by atoms with Gasteiger partial charge in [-0.25, -0.2) is 0 Å². The second kappa shape index (κ2) is 6.97. The normalized spacial score (nSPS) is 40.1. The Hall–Kier alpha value is -0.120. The van der Waals surface area contributed by atoms with Gasteiger partial charge in [-0.1, -0.05) is 19.8 Å². The van der Waals surface area contributed by atoms with E-state index in [1.165, 1.54) is 51.6 Å². The average molecular weight is 294 g/mol. The minimum atomic E-state index is -0.166. The lowest BCUT2D eigenvalue weighted by molar-refractivity contribution is -0.00331. The molecule has 3 fully saturated rings. The Morgan fingerprint density at radius 1 is 1.14 bits per heavy atom. The standard InChI is InChI=1S/C18H34N2O/c1-13-7-18(8-13)20-11-16(14(2)21)9-17(12-20)19-10-15-5-3-4-6-15/h13-19,21H,3-12H2,1-2H3. The first-order valence-corrected chi connectivity index (χ1v) is 9.27. The van der Waals surface area contributed by atoms with Crippen LogP contribution in [0.25, 0.3) is 0 Å². The molecule has 1 saturated heterocycles. The van der Waals surface area contributed by atoms with Crippen molar-refractivity contribution in [3.8, 4) is 0 Å². The molecular weight excluding hydrogens is 260 g/mol. The van der Waals surface area contributed by atoms with E-state index >= 15 is 0 Å². The Bertz CT molecular complexity index is 321. The van der Waals surface area contributed by atoms with Gasteiger partial charge in [0.25, 0.3) is 0 Å². The van der Waals surface area contributed by atoms with Gasteiger partial charge < -0.3 is 10.4 Å². The quantitative estimate of drug-likeness (QED) is 0.818. The summed E-state index contributed by atoms with van der Waals surface area (Å²) in [6.45, 7) is 7.85. The lowest BCUT2D eigenvalue weighted by atomic mass is 9.78. The van der Waals surface area contributed by atoms with Crippen LogP contribution in [0.2, 0.25) is 0 Å². The van der Waals surface area contributed by atoms with Crippen LogP contribution in [0.5, 0.6) is 0 Å². The summed E-state index contributed by atoms with van der Waals surface area (Å²) < 4.78 is 0. The fourth-order valence-corrected chi connectivity index (χ4v) is 4.67. The van der Waals surface area contributed by atoms with Gasteiger partial charge in [-0.05, 0) is 63.3 Å². The predicted octanol–water partition coefficient (Wildman–Crippen LogP) is 2.64. The predicted molar refractivity (Wildman–Crippen MR) is 87.3 cm³/mol. The molecule has 0 spiro atoms. The van der Waals surface area contributed by atoms with Gasteiger partial charge in [0.2, 0.25) is 0 Å². The summed E-state index contributed by atoms with van der Waals surface area (Å²) in [6.07, 6.45) is 9.42. The molecule has 0 radical (unpaired) electrons. The molecule has 0 aromatic carbocycles. The average Bonchev–Trinajstić information content (AvgIpc) is 2.94. The van der Waals surface area contributed by atoms with Crippen molar-refractivity contribution in [2.75, 3.05) is 19.6 Å². The van der Waals surface area contributed by atoms with Crippen LogP contribution < -0.4 is 5.32 Å². The number of nitrogens with one attached hydrogen (secondary N) is 1. The molecule has 21 heavy (non-hydrogen) atoms. The second-order valence-electron chi connectivity index (χ2n) is 8.18. The zero-order chi connectivity index (χ0) is 14.8. The lowest BCUT2D eigenvalue weighted by Gasteiger charge is -2.48. The molecule has 0 amide bonds. The first kappa shape index (κ1) is 15.8. The highest BCUT2D eigenvalue weighted by Crippen LogP contribution is 2.34. The lowest BCUT2D eigenvalue weighted by Crippen LogP contribution is -2.57. The molecule has 3 aliphatic rings. The van der Waals surface area contributed by atoms with E-state index in [4.69, 9.17) is 0 Å². The van der Waals surface area contributed by atoms with Crippen LogP contribution in [-0.2, 0) is 0 Å². The molecule has 2 saturated carbocycles. The maximum absolute atomic E-state index is 10.1. The monoisotopic (exact) mass is 294 g/mol. The van der Waals surface area contributed by atoms with Crippen LogP contribution in [-0.4, -0.2) is 47.8 Å². The third kappa shape index (κ3) is 4.00. The van der Waals surface area contributed by atoms with Gasteiger partial charge in [-0.3, -0.25) is 4.90 Å². The number of likely N-dealkylation sites (tertiary alicyclic amines) is 1. The van der Waals surface area contributed by atoms with Crippen molar-refractivity contribution < 1.29 is 5.11 Å². The minimum absolute atomic E-state index is 0.166. The Morgan fingerprint density at radius 3 is 2.48 bits per heavy atom. The fraction of sp³-hybridized carbons (Fsp3) is 1.00. The van der Waals surface area contributed by atoms with Crippen molar-refractivity contribution in [3.63, 3.8) is 0 Å². The maximum Gasteiger partial charge on any atom is 0.0553 e. The molecular formula is C18H34N2O. The summed E-state index contributed by atoms with van der Waals surface area (Å²) in [5.41, 5.74) is 0. The van der Waals surface area contributed by atoms with Crippen LogP contribution in [0.3, 0.4) is 0 Å². The molecule has 3 unspecified atom stereocenters. The van der Waals surface area contributed by atoms with Crippen LogP contribution >= 0.6 is 0 Å². The van der Waals surface area contributed by atoms with Gasteiger partial charge in [-0.2, -0.15) is 0 Å². The number of hydrogen-bond donors (Lipinski definition) is 2. The molecule has 0 aromatic heterocycles. The highest BCUT2D eigenvalue weighted by Gasteiger charge is 2.37. The molecule has 2 aliphatic carbocycles. The van der Waals surface area contributed by atoms with Crippen molar-refractivity contribution >= 4 is 0 Å². The third-order valence-electron chi connectivity index (χ3n) is 6.23. The van der Waals surface area contributed by atoms with Gasteiger partial charge in [-0.15, -0.1) is 0 Å². The number of aliphatic hydroxyl groups excluding tert-OH is 1. The molecule has 3 atom stereocenters. The smallest absolute Gasteiger partial charge is 0.0553 e. The van der Waals surface area contributed by atoms with E-state index in [2.05, 4.69) is 17.1 Å². The highest BCUT2D eigenvalue weighted by molar-refractivity contribution is 4.93. The van der Waals surface area contributed by atoms with E-state index < -0.39 is 0 Å². The number of rotatable bonds is 5. The van der Waals surface area contributed by atoms with E-state index in [0.29, 0.717) is 12.0 Å². The Labute approximate surface area is 130 Å². The van der Waals surface area contributed by atoms with E-state index in [1.54, 1.807) is 0 Å². The molecule has 3 rings (SSSR count). The largest absolute Gasteiger partial charge is 0.393 e. The SMILES string of the molecule is CC1CC(N2CC(NCC3CCCC3)CC(C(C)O)C2)C1. The number of hydrogen-bond acceptors (Lipinski definition) is 3. The molecule has 0 aromatic rings. The van der Waals surface area contributed by atoms with Crippen LogP contribution in [0.4, 0.5) is 0 Å². The van der Waals surface area contributed by atoms with Gasteiger partial charge in [0.05, 0.1) is 6.10 Å². The highest BCUT2D eigenvalue weighted by atomic mass is 16.3. The van der Waals surface area contributed by atoms with Crippen LogP contribution in [0.1, 0.15) is 58.8 Å². The summed E-state index contributed by atoms with van der Waals surface area (Å²) >= 11 is 0. The number of nitrogens with zero attached hydrogens (tertiary/aromatic N) is 1. The zero-order valence-electron chi connectivity index (χ0n) is 13.9. The zero-order valence-corrected chi connectivity index (χ0v) is 13.9. The molecule has 2 N–H and O–H groups in total. The summed E-state index contributed by atoms with van der Waals surface area (Å²) in [7, 11) is 0. The topological polar surface area (TPSA) is 35.5 Å². The van der Waals surface area contributed by atoms with Crippen LogP contribution in [0, 0.1) is 17.8 Å². The van der Waals surface area contributed by atoms with Crippen molar-refractivity contribution in [2.45, 2.75) is 77.0 Å². The summed E-state index contributed by atoms with van der Waals surface area (Å²) in [5.74, 6) is 2.27. The van der Waals surface area contributed by atoms with Gasteiger partial charge in [0.15, 0.2) is 0 Å². The molecule has 122 valence electrons. The van der Waals surface area contributed by atoms with Crippen molar-refractivity contribution in [1.29, 1.82) is 0 Å². The summed E-state index contributed by atoms with van der Waals surface area (Å²) in [4.78, 5) is 2.67. The summed E-state index contributed by atoms with van der Waals surface area (Å²) in [6, 6.07) is 1.38. The van der Waals surface area contributed by atoms with Crippen molar-refractivity contribution in [2.24, 2.45) is 17.8 Å². The fourth-order valence-electron chi connectivity index (χ4n) is 4.67.